The number of nitrogens with zero attached hydrogens (tertiary/aromatic N) is 2. The molecule has 1 saturated heterocycles. The largest absolute Gasteiger partial charge is 0.330 e. The molecule has 0 radical (unpaired) electrons. The third kappa shape index (κ3) is 2.17. The molecule has 0 aromatic carbocycles. The molecule has 1 saturated carbocycles. The second kappa shape index (κ2) is 5.37. The maximum Gasteiger partial charge on any atom is 0.0352 e. The standard InChI is InChI=1S/C15H23N3/c16-11-13-3-1-4-15(13)18-10-2-5-14(18)12-6-8-17-9-7-12/h6-9,13-15H,1-5,10-11,16H2. The Hall–Kier alpha value is -0.930. The Morgan fingerprint density at radius 3 is 2.78 bits per heavy atom. The van der Waals surface area contributed by atoms with Gasteiger partial charge in [0.1, 0.15) is 0 Å². The summed E-state index contributed by atoms with van der Waals surface area (Å²) in [7, 11) is 0. The van der Waals surface area contributed by atoms with Crippen LogP contribution in [0.3, 0.4) is 0 Å². The predicted octanol–water partition coefficient (Wildman–Crippen LogP) is 2.35. The third-order valence-corrected chi connectivity index (χ3v) is 4.73. The second-order valence-corrected chi connectivity index (χ2v) is 5.67. The van der Waals surface area contributed by atoms with E-state index in [0.29, 0.717) is 12.0 Å². The minimum absolute atomic E-state index is 0.602. The zero-order valence-corrected chi connectivity index (χ0v) is 11.0. The molecule has 3 rings (SSSR count). The summed E-state index contributed by atoms with van der Waals surface area (Å²) in [5.74, 6) is 0.715. The van der Waals surface area contributed by atoms with E-state index in [9.17, 15) is 0 Å². The second-order valence-electron chi connectivity index (χ2n) is 5.67. The fraction of sp³-hybridized carbons (Fsp3) is 0.667. The van der Waals surface area contributed by atoms with Gasteiger partial charge in [-0.3, -0.25) is 9.88 Å². The number of rotatable bonds is 3. The highest BCUT2D eigenvalue weighted by Gasteiger charge is 2.37. The summed E-state index contributed by atoms with van der Waals surface area (Å²) in [5, 5.41) is 0. The first-order valence-electron chi connectivity index (χ1n) is 7.26. The van der Waals surface area contributed by atoms with Crippen molar-refractivity contribution in [1.29, 1.82) is 0 Å². The maximum absolute atomic E-state index is 5.94. The molecule has 2 fully saturated rings. The van der Waals surface area contributed by atoms with Gasteiger partial charge in [0.15, 0.2) is 0 Å². The van der Waals surface area contributed by atoms with Gasteiger partial charge in [-0.1, -0.05) is 6.42 Å². The molecule has 0 amide bonds. The summed E-state index contributed by atoms with van der Waals surface area (Å²) < 4.78 is 0. The molecule has 2 N–H and O–H groups in total. The molecule has 1 aromatic rings. The van der Waals surface area contributed by atoms with Crippen molar-refractivity contribution in [2.45, 2.75) is 44.2 Å². The lowest BCUT2D eigenvalue weighted by Crippen LogP contribution is -2.39. The van der Waals surface area contributed by atoms with Gasteiger partial charge in [-0.25, -0.2) is 0 Å². The van der Waals surface area contributed by atoms with Crippen LogP contribution in [0.25, 0.3) is 0 Å². The van der Waals surface area contributed by atoms with Crippen LogP contribution in [-0.2, 0) is 0 Å². The zero-order valence-electron chi connectivity index (χ0n) is 11.0. The first-order valence-corrected chi connectivity index (χ1v) is 7.26. The molecule has 0 spiro atoms. The normalized spacial score (nSPS) is 33.1. The van der Waals surface area contributed by atoms with Crippen LogP contribution < -0.4 is 5.73 Å². The van der Waals surface area contributed by atoms with E-state index in [-0.39, 0.29) is 0 Å². The van der Waals surface area contributed by atoms with Crippen molar-refractivity contribution in [3.8, 4) is 0 Å². The number of aromatic nitrogens is 1. The molecule has 0 bridgehead atoms. The van der Waals surface area contributed by atoms with Crippen LogP contribution in [-0.4, -0.2) is 29.0 Å². The van der Waals surface area contributed by atoms with Crippen LogP contribution >= 0.6 is 0 Å². The van der Waals surface area contributed by atoms with E-state index in [1.165, 1.54) is 44.2 Å². The Morgan fingerprint density at radius 2 is 2.00 bits per heavy atom. The van der Waals surface area contributed by atoms with E-state index >= 15 is 0 Å². The van der Waals surface area contributed by atoms with E-state index in [0.717, 1.165) is 12.6 Å². The van der Waals surface area contributed by atoms with Crippen molar-refractivity contribution in [1.82, 2.24) is 9.88 Å². The Balaban J connectivity index is 1.79. The lowest BCUT2D eigenvalue weighted by Gasteiger charge is -2.34. The summed E-state index contributed by atoms with van der Waals surface area (Å²) in [6.07, 6.45) is 10.5. The fourth-order valence-corrected chi connectivity index (χ4v) is 3.86. The van der Waals surface area contributed by atoms with Crippen LogP contribution in [0.1, 0.15) is 43.7 Å². The Morgan fingerprint density at radius 1 is 1.17 bits per heavy atom. The summed E-state index contributed by atoms with van der Waals surface area (Å²) in [6, 6.07) is 5.67. The van der Waals surface area contributed by atoms with E-state index < -0.39 is 0 Å². The van der Waals surface area contributed by atoms with Crippen LogP contribution in [0.15, 0.2) is 24.5 Å². The van der Waals surface area contributed by atoms with Crippen molar-refractivity contribution in [2.75, 3.05) is 13.1 Å². The van der Waals surface area contributed by atoms with Gasteiger partial charge in [-0.15, -0.1) is 0 Å². The molecular weight excluding hydrogens is 222 g/mol. The van der Waals surface area contributed by atoms with Gasteiger partial charge in [0.2, 0.25) is 0 Å². The maximum atomic E-state index is 5.94. The van der Waals surface area contributed by atoms with Gasteiger partial charge >= 0.3 is 0 Å². The molecule has 3 nitrogen and oxygen atoms in total. The van der Waals surface area contributed by atoms with Crippen molar-refractivity contribution >= 4 is 0 Å². The Labute approximate surface area is 109 Å². The van der Waals surface area contributed by atoms with E-state index in [1.54, 1.807) is 0 Å². The van der Waals surface area contributed by atoms with Crippen LogP contribution in [0, 0.1) is 5.92 Å². The van der Waals surface area contributed by atoms with Crippen molar-refractivity contribution in [3.63, 3.8) is 0 Å². The number of hydrogen-bond acceptors (Lipinski definition) is 3. The molecule has 3 atom stereocenters. The first kappa shape index (κ1) is 12.1. The van der Waals surface area contributed by atoms with Crippen molar-refractivity contribution in [2.24, 2.45) is 11.7 Å². The minimum atomic E-state index is 0.602. The first-order chi connectivity index (χ1) is 8.90. The van der Waals surface area contributed by atoms with E-state index in [1.807, 2.05) is 12.4 Å². The van der Waals surface area contributed by atoms with Crippen molar-refractivity contribution < 1.29 is 0 Å². The van der Waals surface area contributed by atoms with Crippen LogP contribution in [0.5, 0.6) is 0 Å². The quantitative estimate of drug-likeness (QED) is 0.889. The fourth-order valence-electron chi connectivity index (χ4n) is 3.86. The highest BCUT2D eigenvalue weighted by molar-refractivity contribution is 5.17. The van der Waals surface area contributed by atoms with Gasteiger partial charge < -0.3 is 5.73 Å². The van der Waals surface area contributed by atoms with Crippen LogP contribution in [0.2, 0.25) is 0 Å². The molecule has 2 aliphatic rings. The van der Waals surface area contributed by atoms with Gasteiger partial charge in [0.05, 0.1) is 0 Å². The molecule has 3 heteroatoms. The molecule has 1 aliphatic carbocycles. The SMILES string of the molecule is NCC1CCCC1N1CCCC1c1ccncc1. The lowest BCUT2D eigenvalue weighted by atomic mass is 9.99. The molecule has 3 unspecified atom stereocenters. The number of hydrogen-bond donors (Lipinski definition) is 1. The van der Waals surface area contributed by atoms with E-state index in [2.05, 4.69) is 22.0 Å². The summed E-state index contributed by atoms with van der Waals surface area (Å²) >= 11 is 0. The average Bonchev–Trinajstić information content (AvgIpc) is 3.07. The van der Waals surface area contributed by atoms with E-state index in [4.69, 9.17) is 5.73 Å². The monoisotopic (exact) mass is 245 g/mol. The molecule has 98 valence electrons. The smallest absolute Gasteiger partial charge is 0.0352 e. The van der Waals surface area contributed by atoms with Crippen molar-refractivity contribution in [3.05, 3.63) is 30.1 Å². The molecule has 1 aromatic heterocycles. The zero-order chi connectivity index (χ0) is 12.4. The van der Waals surface area contributed by atoms with Gasteiger partial charge in [0.25, 0.3) is 0 Å². The highest BCUT2D eigenvalue weighted by atomic mass is 15.2. The molecule has 2 heterocycles. The van der Waals surface area contributed by atoms with Gasteiger partial charge in [0, 0.05) is 24.5 Å². The minimum Gasteiger partial charge on any atom is -0.330 e. The highest BCUT2D eigenvalue weighted by Crippen LogP contribution is 2.39. The summed E-state index contributed by atoms with van der Waals surface area (Å²) in [5.41, 5.74) is 7.37. The number of pyridine rings is 1. The summed E-state index contributed by atoms with van der Waals surface area (Å²) in [6.45, 7) is 2.10. The molecule has 18 heavy (non-hydrogen) atoms. The topological polar surface area (TPSA) is 42.1 Å². The molecular formula is C15H23N3. The lowest BCUT2D eigenvalue weighted by molar-refractivity contribution is 0.147. The average molecular weight is 245 g/mol. The Kier molecular flexibility index (Phi) is 3.62. The van der Waals surface area contributed by atoms with Gasteiger partial charge in [-0.2, -0.15) is 0 Å². The van der Waals surface area contributed by atoms with Crippen LogP contribution in [0.4, 0.5) is 0 Å². The van der Waals surface area contributed by atoms with Gasteiger partial charge in [-0.05, 0) is 62.4 Å². The summed E-state index contributed by atoms with van der Waals surface area (Å²) in [4.78, 5) is 6.85. The number of nitrogens with two attached hydrogens (primary N) is 1. The third-order valence-electron chi connectivity index (χ3n) is 4.73. The molecule has 1 aliphatic heterocycles. The predicted molar refractivity (Wildman–Crippen MR) is 73.1 cm³/mol. The number of likely N-dealkylation sites (tertiary alicyclic amines) is 1. The Bertz CT molecular complexity index is 379.